The molecule has 23 heavy (non-hydrogen) atoms. The Morgan fingerprint density at radius 1 is 1.22 bits per heavy atom. The Labute approximate surface area is 135 Å². The minimum atomic E-state index is -0.740. The number of nitrogens with two attached hydrogens (primary N) is 1. The molecule has 0 bridgehead atoms. The van der Waals surface area contributed by atoms with Gasteiger partial charge in [-0.15, -0.1) is 0 Å². The number of para-hydroxylation sites is 1. The fourth-order valence-corrected chi connectivity index (χ4v) is 2.08. The van der Waals surface area contributed by atoms with Gasteiger partial charge >= 0.3 is 0 Å². The number of carbonyl (C=O) groups is 1. The van der Waals surface area contributed by atoms with E-state index in [-0.39, 0.29) is 24.3 Å². The first-order chi connectivity index (χ1) is 11.0. The van der Waals surface area contributed by atoms with Gasteiger partial charge in [0.15, 0.2) is 11.6 Å². The van der Waals surface area contributed by atoms with E-state index in [4.69, 9.17) is 10.5 Å². The van der Waals surface area contributed by atoms with Crippen LogP contribution in [0.3, 0.4) is 0 Å². The van der Waals surface area contributed by atoms with Crippen molar-refractivity contribution in [2.24, 2.45) is 5.73 Å². The SMILES string of the molecule is Cc1ccc(C(N)C(=O)NCC(C)Oc2ccccc2F)cc1. The van der Waals surface area contributed by atoms with Crippen molar-refractivity contribution in [3.8, 4) is 5.75 Å². The summed E-state index contributed by atoms with van der Waals surface area (Å²) in [6.45, 7) is 3.97. The average molecular weight is 316 g/mol. The third-order valence-electron chi connectivity index (χ3n) is 3.45. The number of rotatable bonds is 6. The first kappa shape index (κ1) is 17.0. The molecule has 4 nitrogen and oxygen atoms in total. The monoisotopic (exact) mass is 316 g/mol. The summed E-state index contributed by atoms with van der Waals surface area (Å²) in [5, 5.41) is 2.72. The molecule has 0 heterocycles. The van der Waals surface area contributed by atoms with Gasteiger partial charge in [-0.05, 0) is 31.5 Å². The lowest BCUT2D eigenvalue weighted by Gasteiger charge is -2.18. The van der Waals surface area contributed by atoms with Gasteiger partial charge in [-0.1, -0.05) is 42.0 Å². The molecule has 2 atom stereocenters. The molecule has 0 saturated carbocycles. The van der Waals surface area contributed by atoms with Crippen molar-refractivity contribution in [1.29, 1.82) is 0 Å². The van der Waals surface area contributed by atoms with E-state index in [2.05, 4.69) is 5.32 Å². The Morgan fingerprint density at radius 3 is 2.52 bits per heavy atom. The summed E-state index contributed by atoms with van der Waals surface area (Å²) in [5.41, 5.74) is 7.79. The van der Waals surface area contributed by atoms with Crippen LogP contribution in [0, 0.1) is 12.7 Å². The van der Waals surface area contributed by atoms with Crippen LogP contribution in [0.4, 0.5) is 4.39 Å². The molecule has 5 heteroatoms. The Balaban J connectivity index is 1.86. The van der Waals surface area contributed by atoms with Gasteiger partial charge in [0.2, 0.25) is 5.91 Å². The second-order valence-corrected chi connectivity index (χ2v) is 5.49. The Bertz CT molecular complexity index is 658. The number of amides is 1. The molecule has 0 radical (unpaired) electrons. The predicted molar refractivity (Wildman–Crippen MR) is 87.6 cm³/mol. The van der Waals surface area contributed by atoms with Gasteiger partial charge in [0.25, 0.3) is 0 Å². The van der Waals surface area contributed by atoms with Crippen LogP contribution < -0.4 is 15.8 Å². The summed E-state index contributed by atoms with van der Waals surface area (Å²) in [4.78, 5) is 12.1. The molecule has 2 unspecified atom stereocenters. The molecule has 0 spiro atoms. The van der Waals surface area contributed by atoms with E-state index in [1.54, 1.807) is 25.1 Å². The number of ether oxygens (including phenoxy) is 1. The largest absolute Gasteiger partial charge is 0.486 e. The number of benzene rings is 2. The second-order valence-electron chi connectivity index (χ2n) is 5.49. The summed E-state index contributed by atoms with van der Waals surface area (Å²) in [6, 6.07) is 12.9. The molecule has 2 aromatic rings. The van der Waals surface area contributed by atoms with Crippen LogP contribution in [0.1, 0.15) is 24.1 Å². The molecule has 2 rings (SSSR count). The van der Waals surface area contributed by atoms with Crippen molar-refractivity contribution >= 4 is 5.91 Å². The predicted octanol–water partition coefficient (Wildman–Crippen LogP) is 2.72. The van der Waals surface area contributed by atoms with Crippen molar-refractivity contribution in [1.82, 2.24) is 5.32 Å². The highest BCUT2D eigenvalue weighted by Gasteiger charge is 2.17. The minimum Gasteiger partial charge on any atom is -0.486 e. The van der Waals surface area contributed by atoms with Crippen LogP contribution in [0.25, 0.3) is 0 Å². The number of nitrogens with one attached hydrogen (secondary N) is 1. The second kappa shape index (κ2) is 7.74. The van der Waals surface area contributed by atoms with Crippen molar-refractivity contribution < 1.29 is 13.9 Å². The van der Waals surface area contributed by atoms with E-state index >= 15 is 0 Å². The third kappa shape index (κ3) is 4.79. The lowest BCUT2D eigenvalue weighted by atomic mass is 10.1. The van der Waals surface area contributed by atoms with Gasteiger partial charge in [0, 0.05) is 0 Å². The summed E-state index contributed by atoms with van der Waals surface area (Å²) in [6.07, 6.45) is -0.374. The third-order valence-corrected chi connectivity index (χ3v) is 3.45. The Morgan fingerprint density at radius 2 is 1.87 bits per heavy atom. The molecular weight excluding hydrogens is 295 g/mol. The summed E-state index contributed by atoms with van der Waals surface area (Å²) < 4.78 is 19.0. The lowest BCUT2D eigenvalue weighted by Crippen LogP contribution is -2.39. The number of carbonyl (C=O) groups excluding carboxylic acids is 1. The minimum absolute atomic E-state index is 0.164. The van der Waals surface area contributed by atoms with Gasteiger partial charge in [0.1, 0.15) is 12.1 Å². The van der Waals surface area contributed by atoms with Gasteiger partial charge in [0.05, 0.1) is 6.54 Å². The Kier molecular flexibility index (Phi) is 5.71. The van der Waals surface area contributed by atoms with E-state index < -0.39 is 11.9 Å². The quantitative estimate of drug-likeness (QED) is 0.861. The fraction of sp³-hybridized carbons (Fsp3) is 0.278. The number of halogens is 1. The molecule has 122 valence electrons. The highest BCUT2D eigenvalue weighted by Crippen LogP contribution is 2.17. The molecular formula is C18H21FN2O2. The molecule has 2 aromatic carbocycles. The maximum absolute atomic E-state index is 13.5. The first-order valence-corrected chi connectivity index (χ1v) is 7.48. The zero-order valence-corrected chi connectivity index (χ0v) is 13.3. The van der Waals surface area contributed by atoms with Crippen molar-refractivity contribution in [3.05, 3.63) is 65.5 Å². The highest BCUT2D eigenvalue weighted by atomic mass is 19.1. The van der Waals surface area contributed by atoms with Crippen LogP contribution in [0.15, 0.2) is 48.5 Å². The molecule has 0 aromatic heterocycles. The van der Waals surface area contributed by atoms with E-state index in [9.17, 15) is 9.18 Å². The van der Waals surface area contributed by atoms with Gasteiger partial charge in [-0.2, -0.15) is 0 Å². The smallest absolute Gasteiger partial charge is 0.241 e. The molecule has 0 aliphatic carbocycles. The molecule has 0 fully saturated rings. The number of hydrogen-bond donors (Lipinski definition) is 2. The summed E-state index contributed by atoms with van der Waals surface area (Å²) in [7, 11) is 0. The molecule has 1 amide bonds. The van der Waals surface area contributed by atoms with Crippen LogP contribution in [-0.2, 0) is 4.79 Å². The zero-order chi connectivity index (χ0) is 16.8. The highest BCUT2D eigenvalue weighted by molar-refractivity contribution is 5.82. The number of hydrogen-bond acceptors (Lipinski definition) is 3. The summed E-state index contributed by atoms with van der Waals surface area (Å²) in [5.74, 6) is -0.558. The molecule has 0 aliphatic rings. The van der Waals surface area contributed by atoms with Crippen LogP contribution in [0.5, 0.6) is 5.75 Å². The van der Waals surface area contributed by atoms with Gasteiger partial charge in [-0.25, -0.2) is 4.39 Å². The van der Waals surface area contributed by atoms with Crippen molar-refractivity contribution in [3.63, 3.8) is 0 Å². The van der Waals surface area contributed by atoms with Gasteiger partial charge < -0.3 is 15.8 Å². The molecule has 3 N–H and O–H groups in total. The summed E-state index contributed by atoms with van der Waals surface area (Å²) >= 11 is 0. The van der Waals surface area contributed by atoms with E-state index in [0.717, 1.165) is 11.1 Å². The number of aryl methyl sites for hydroxylation is 1. The standard InChI is InChI=1S/C18H21FN2O2/c1-12-7-9-14(10-8-12)17(20)18(22)21-11-13(2)23-16-6-4-3-5-15(16)19/h3-10,13,17H,11,20H2,1-2H3,(H,21,22). The van der Waals surface area contributed by atoms with Crippen LogP contribution >= 0.6 is 0 Å². The van der Waals surface area contributed by atoms with Crippen molar-refractivity contribution in [2.45, 2.75) is 26.0 Å². The van der Waals surface area contributed by atoms with E-state index in [0.29, 0.717) is 0 Å². The van der Waals surface area contributed by atoms with Gasteiger partial charge in [-0.3, -0.25) is 4.79 Å². The van der Waals surface area contributed by atoms with E-state index in [1.807, 2.05) is 31.2 Å². The maximum Gasteiger partial charge on any atom is 0.241 e. The molecule has 0 aliphatic heterocycles. The van der Waals surface area contributed by atoms with Crippen LogP contribution in [0.2, 0.25) is 0 Å². The average Bonchev–Trinajstić information content (AvgIpc) is 2.55. The fourth-order valence-electron chi connectivity index (χ4n) is 2.08. The normalized spacial score (nSPS) is 13.2. The lowest BCUT2D eigenvalue weighted by molar-refractivity contribution is -0.122. The van der Waals surface area contributed by atoms with E-state index in [1.165, 1.54) is 6.07 Å². The topological polar surface area (TPSA) is 64.4 Å². The first-order valence-electron chi connectivity index (χ1n) is 7.48. The Hall–Kier alpha value is -2.40. The molecule has 0 saturated heterocycles. The zero-order valence-electron chi connectivity index (χ0n) is 13.3. The maximum atomic E-state index is 13.5. The van der Waals surface area contributed by atoms with Crippen LogP contribution in [-0.4, -0.2) is 18.6 Å². The van der Waals surface area contributed by atoms with Crippen molar-refractivity contribution in [2.75, 3.05) is 6.54 Å².